The van der Waals surface area contributed by atoms with Crippen LogP contribution in [0, 0.1) is 0 Å². The van der Waals surface area contributed by atoms with Gasteiger partial charge in [0.1, 0.15) is 0 Å². The van der Waals surface area contributed by atoms with Crippen molar-refractivity contribution in [3.05, 3.63) is 12.4 Å². The highest BCUT2D eigenvalue weighted by atomic mass is 15.3. The molecular formula is C14H26N4. The molecule has 1 aromatic heterocycles. The molecule has 4 heteroatoms. The number of nitrogens with zero attached hydrogens (tertiary/aromatic N) is 3. The van der Waals surface area contributed by atoms with E-state index in [1.807, 2.05) is 10.9 Å². The molecule has 1 aliphatic heterocycles. The second-order valence-corrected chi connectivity index (χ2v) is 5.67. The van der Waals surface area contributed by atoms with Gasteiger partial charge < -0.3 is 10.2 Å². The van der Waals surface area contributed by atoms with Crippen LogP contribution in [0.15, 0.2) is 12.4 Å². The number of nitrogens with one attached hydrogen (secondary N) is 1. The quantitative estimate of drug-likeness (QED) is 0.891. The molecule has 4 nitrogen and oxygen atoms in total. The number of anilines is 1. The van der Waals surface area contributed by atoms with Crippen LogP contribution < -0.4 is 10.2 Å². The highest BCUT2D eigenvalue weighted by Gasteiger charge is 2.25. The van der Waals surface area contributed by atoms with Gasteiger partial charge in [-0.25, -0.2) is 0 Å². The summed E-state index contributed by atoms with van der Waals surface area (Å²) in [6, 6.07) is 1.60. The fourth-order valence-corrected chi connectivity index (χ4v) is 2.59. The van der Waals surface area contributed by atoms with Gasteiger partial charge in [-0.15, -0.1) is 0 Å². The molecule has 0 spiro atoms. The van der Waals surface area contributed by atoms with Crippen LogP contribution in [0.1, 0.15) is 46.6 Å². The first-order chi connectivity index (χ1) is 8.61. The summed E-state index contributed by atoms with van der Waals surface area (Å²) in [6.45, 7) is 11.0. The maximum Gasteiger partial charge on any atom is 0.0756 e. The Morgan fingerprint density at radius 3 is 2.89 bits per heavy atom. The first-order valence-electron chi connectivity index (χ1n) is 7.16. The van der Waals surface area contributed by atoms with Crippen molar-refractivity contribution in [3.8, 4) is 0 Å². The zero-order valence-electron chi connectivity index (χ0n) is 12.1. The lowest BCUT2D eigenvalue weighted by atomic mass is 10.1. The minimum Gasteiger partial charge on any atom is -0.363 e. The first kappa shape index (κ1) is 13.4. The zero-order chi connectivity index (χ0) is 13.1. The second-order valence-electron chi connectivity index (χ2n) is 5.67. The van der Waals surface area contributed by atoms with Gasteiger partial charge in [0.15, 0.2) is 0 Å². The molecule has 0 amide bonds. The van der Waals surface area contributed by atoms with Gasteiger partial charge in [-0.2, -0.15) is 5.10 Å². The van der Waals surface area contributed by atoms with Crippen molar-refractivity contribution in [2.75, 3.05) is 18.0 Å². The van der Waals surface area contributed by atoms with E-state index in [9.17, 15) is 0 Å². The van der Waals surface area contributed by atoms with Crippen LogP contribution in [0.25, 0.3) is 0 Å². The smallest absolute Gasteiger partial charge is 0.0756 e. The van der Waals surface area contributed by atoms with Gasteiger partial charge in [0.25, 0.3) is 0 Å². The van der Waals surface area contributed by atoms with Crippen LogP contribution in [-0.4, -0.2) is 35.0 Å². The Labute approximate surface area is 110 Å². The molecule has 0 aliphatic carbocycles. The number of hydrogen-bond donors (Lipinski definition) is 1. The first-order valence-corrected chi connectivity index (χ1v) is 7.16. The third-order valence-electron chi connectivity index (χ3n) is 3.74. The molecule has 1 N–H and O–H groups in total. The minimum absolute atomic E-state index is 0.434. The molecule has 0 bridgehead atoms. The largest absolute Gasteiger partial charge is 0.363 e. The highest BCUT2D eigenvalue weighted by Crippen LogP contribution is 2.21. The Morgan fingerprint density at radius 2 is 2.28 bits per heavy atom. The summed E-state index contributed by atoms with van der Waals surface area (Å²) < 4.78 is 2.04. The fourth-order valence-electron chi connectivity index (χ4n) is 2.59. The number of hydrogen-bond acceptors (Lipinski definition) is 3. The monoisotopic (exact) mass is 250 g/mol. The van der Waals surface area contributed by atoms with Gasteiger partial charge in [0, 0.05) is 37.4 Å². The Kier molecular flexibility index (Phi) is 4.27. The van der Waals surface area contributed by atoms with Crippen LogP contribution in [0.5, 0.6) is 0 Å². The molecule has 0 aromatic carbocycles. The van der Waals surface area contributed by atoms with E-state index < -0.39 is 0 Å². The van der Waals surface area contributed by atoms with E-state index in [4.69, 9.17) is 0 Å². The molecule has 0 radical (unpaired) electrons. The van der Waals surface area contributed by atoms with Crippen LogP contribution >= 0.6 is 0 Å². The van der Waals surface area contributed by atoms with Gasteiger partial charge in [-0.3, -0.25) is 4.68 Å². The van der Waals surface area contributed by atoms with Crippen molar-refractivity contribution in [1.29, 1.82) is 0 Å². The number of rotatable bonds is 4. The van der Waals surface area contributed by atoms with E-state index in [0.717, 1.165) is 13.1 Å². The third-order valence-corrected chi connectivity index (χ3v) is 3.74. The number of aromatic nitrogens is 2. The lowest BCUT2D eigenvalue weighted by molar-refractivity contribution is 0.386. The lowest BCUT2D eigenvalue weighted by Gasteiger charge is -2.39. The van der Waals surface area contributed by atoms with Gasteiger partial charge in [-0.05, 0) is 27.2 Å². The molecule has 0 saturated carbocycles. The standard InChI is InChI=1S/C14H26N4/c1-5-6-13-9-17(12(4)7-15-13)14-8-16-18(10-14)11(2)3/h8,10-13,15H,5-7,9H2,1-4H3. The van der Waals surface area contributed by atoms with Crippen LogP contribution in [0.2, 0.25) is 0 Å². The average molecular weight is 250 g/mol. The van der Waals surface area contributed by atoms with Crippen LogP contribution in [0.3, 0.4) is 0 Å². The molecule has 2 rings (SSSR count). The summed E-state index contributed by atoms with van der Waals surface area (Å²) in [7, 11) is 0. The Bertz CT molecular complexity index is 372. The van der Waals surface area contributed by atoms with Crippen LogP contribution in [0.4, 0.5) is 5.69 Å². The molecule has 1 aromatic rings. The van der Waals surface area contributed by atoms with E-state index in [0.29, 0.717) is 18.1 Å². The van der Waals surface area contributed by atoms with Crippen molar-refractivity contribution in [2.24, 2.45) is 0 Å². The predicted molar refractivity (Wildman–Crippen MR) is 76.1 cm³/mol. The molecule has 1 saturated heterocycles. The molecule has 1 fully saturated rings. The Balaban J connectivity index is 2.08. The molecule has 18 heavy (non-hydrogen) atoms. The van der Waals surface area contributed by atoms with E-state index in [1.165, 1.54) is 18.5 Å². The van der Waals surface area contributed by atoms with Gasteiger partial charge in [0.2, 0.25) is 0 Å². The van der Waals surface area contributed by atoms with Crippen molar-refractivity contribution in [1.82, 2.24) is 15.1 Å². The van der Waals surface area contributed by atoms with E-state index in [2.05, 4.69) is 49.2 Å². The Hall–Kier alpha value is -1.03. The maximum atomic E-state index is 4.45. The summed E-state index contributed by atoms with van der Waals surface area (Å²) in [6.07, 6.45) is 6.67. The fraction of sp³-hybridized carbons (Fsp3) is 0.786. The SMILES string of the molecule is CCCC1CN(c2cnn(C(C)C)c2)C(C)CN1. The zero-order valence-corrected chi connectivity index (χ0v) is 12.1. The molecule has 2 heterocycles. The van der Waals surface area contributed by atoms with Crippen LogP contribution in [-0.2, 0) is 0 Å². The van der Waals surface area contributed by atoms with E-state index >= 15 is 0 Å². The molecular weight excluding hydrogens is 224 g/mol. The summed E-state index contributed by atoms with van der Waals surface area (Å²) >= 11 is 0. The molecule has 1 aliphatic rings. The summed E-state index contributed by atoms with van der Waals surface area (Å²) in [5, 5.41) is 8.08. The van der Waals surface area contributed by atoms with Gasteiger partial charge in [0.05, 0.1) is 11.9 Å². The predicted octanol–water partition coefficient (Wildman–Crippen LogP) is 2.43. The second kappa shape index (κ2) is 5.74. The van der Waals surface area contributed by atoms with Crippen molar-refractivity contribution < 1.29 is 0 Å². The van der Waals surface area contributed by atoms with Gasteiger partial charge in [-0.1, -0.05) is 13.3 Å². The highest BCUT2D eigenvalue weighted by molar-refractivity contribution is 5.44. The minimum atomic E-state index is 0.434. The molecule has 2 unspecified atom stereocenters. The molecule has 2 atom stereocenters. The van der Waals surface area contributed by atoms with Gasteiger partial charge >= 0.3 is 0 Å². The van der Waals surface area contributed by atoms with Crippen molar-refractivity contribution in [3.63, 3.8) is 0 Å². The van der Waals surface area contributed by atoms with Crippen molar-refractivity contribution >= 4 is 5.69 Å². The summed E-state index contributed by atoms with van der Waals surface area (Å²) in [4.78, 5) is 2.49. The lowest BCUT2D eigenvalue weighted by Crippen LogP contribution is -2.55. The Morgan fingerprint density at radius 1 is 1.50 bits per heavy atom. The molecule has 102 valence electrons. The number of piperazine rings is 1. The summed E-state index contributed by atoms with van der Waals surface area (Å²) in [5.74, 6) is 0. The topological polar surface area (TPSA) is 33.1 Å². The summed E-state index contributed by atoms with van der Waals surface area (Å²) in [5.41, 5.74) is 1.26. The van der Waals surface area contributed by atoms with E-state index in [1.54, 1.807) is 0 Å². The van der Waals surface area contributed by atoms with Crippen molar-refractivity contribution in [2.45, 2.75) is 58.7 Å². The third kappa shape index (κ3) is 2.86. The maximum absolute atomic E-state index is 4.45. The average Bonchev–Trinajstić information content (AvgIpc) is 2.81. The van der Waals surface area contributed by atoms with E-state index in [-0.39, 0.29) is 0 Å². The normalized spacial score (nSPS) is 24.8.